The van der Waals surface area contributed by atoms with Crippen LogP contribution in [-0.4, -0.2) is 31.9 Å². The summed E-state index contributed by atoms with van der Waals surface area (Å²) in [5, 5.41) is 2.50. The second kappa shape index (κ2) is 6.23. The van der Waals surface area contributed by atoms with Crippen molar-refractivity contribution in [1.29, 1.82) is 0 Å². The third-order valence-electron chi connectivity index (χ3n) is 3.00. The molecule has 4 nitrogen and oxygen atoms in total. The first kappa shape index (κ1) is 13.5. The van der Waals surface area contributed by atoms with E-state index in [4.69, 9.17) is 0 Å². The summed E-state index contributed by atoms with van der Waals surface area (Å²) >= 11 is 0. The maximum atomic E-state index is 11.8. The molecule has 0 aromatic carbocycles. The molecule has 0 radical (unpaired) electrons. The quantitative estimate of drug-likeness (QED) is 0.768. The molecule has 0 saturated heterocycles. The van der Waals surface area contributed by atoms with E-state index in [0.29, 0.717) is 6.54 Å². The molecule has 0 unspecified atom stereocenters. The average molecular weight is 247 g/mol. The summed E-state index contributed by atoms with van der Waals surface area (Å²) in [6, 6.07) is 0. The predicted octanol–water partition coefficient (Wildman–Crippen LogP) is 1.26. The number of carbonyl (C=O) groups is 1. The second-order valence-corrected chi connectivity index (χ2v) is 6.77. The monoisotopic (exact) mass is 247 g/mol. The van der Waals surface area contributed by atoms with Crippen LogP contribution in [-0.2, 0) is 14.6 Å². The first-order valence-electron chi connectivity index (χ1n) is 6.04. The molecule has 1 rings (SSSR count). The van der Waals surface area contributed by atoms with Gasteiger partial charge in [0.15, 0.2) is 9.84 Å². The second-order valence-electron chi connectivity index (χ2n) is 4.37. The molecule has 0 aromatic rings. The molecule has 0 aromatic heterocycles. The summed E-state index contributed by atoms with van der Waals surface area (Å²) < 4.78 is 23.7. The number of amides is 1. The molecule has 16 heavy (non-hydrogen) atoms. The van der Waals surface area contributed by atoms with Gasteiger partial charge in [0, 0.05) is 13.0 Å². The molecule has 1 aliphatic carbocycles. The Hall–Kier alpha value is -0.580. The highest BCUT2D eigenvalue weighted by molar-refractivity contribution is 7.92. The zero-order chi connectivity index (χ0) is 12.0. The number of carbonyl (C=O) groups excluding carboxylic acids is 1. The Labute approximate surface area is 97.7 Å². The first-order valence-corrected chi connectivity index (χ1v) is 7.76. The summed E-state index contributed by atoms with van der Waals surface area (Å²) in [6.07, 6.45) is 4.55. The van der Waals surface area contributed by atoms with E-state index < -0.39 is 9.84 Å². The van der Waals surface area contributed by atoms with Gasteiger partial charge in [0.25, 0.3) is 0 Å². The maximum Gasteiger partial charge on any atom is 0.221 e. The highest BCUT2D eigenvalue weighted by atomic mass is 32.2. The predicted molar refractivity (Wildman–Crippen MR) is 64.0 cm³/mol. The Balaban J connectivity index is 2.33. The first-order chi connectivity index (χ1) is 7.56. The molecular weight excluding hydrogens is 226 g/mol. The van der Waals surface area contributed by atoms with Gasteiger partial charge < -0.3 is 5.32 Å². The van der Waals surface area contributed by atoms with Crippen molar-refractivity contribution in [1.82, 2.24) is 5.32 Å². The van der Waals surface area contributed by atoms with Crippen molar-refractivity contribution in [2.75, 3.05) is 12.3 Å². The van der Waals surface area contributed by atoms with Gasteiger partial charge in [-0.2, -0.15) is 0 Å². The Morgan fingerprint density at radius 3 is 2.50 bits per heavy atom. The summed E-state index contributed by atoms with van der Waals surface area (Å²) in [6.45, 7) is 2.60. The fourth-order valence-corrected chi connectivity index (χ4v) is 3.86. The normalized spacial score (nSPS) is 17.6. The van der Waals surface area contributed by atoms with Gasteiger partial charge in [0.05, 0.1) is 11.0 Å². The average Bonchev–Trinajstić information content (AvgIpc) is 2.77. The van der Waals surface area contributed by atoms with Crippen LogP contribution in [0.3, 0.4) is 0 Å². The number of nitrogens with one attached hydrogen (secondary N) is 1. The van der Waals surface area contributed by atoms with Crippen molar-refractivity contribution in [2.24, 2.45) is 0 Å². The minimum Gasteiger partial charge on any atom is -0.356 e. The molecule has 94 valence electrons. The highest BCUT2D eigenvalue weighted by Gasteiger charge is 2.28. The molecule has 0 aliphatic heterocycles. The van der Waals surface area contributed by atoms with Crippen LogP contribution < -0.4 is 5.32 Å². The van der Waals surface area contributed by atoms with Crippen LogP contribution in [0.2, 0.25) is 0 Å². The van der Waals surface area contributed by atoms with Crippen LogP contribution in [0.15, 0.2) is 0 Å². The summed E-state index contributed by atoms with van der Waals surface area (Å²) in [5.74, 6) is -0.142. The smallest absolute Gasteiger partial charge is 0.221 e. The van der Waals surface area contributed by atoms with E-state index >= 15 is 0 Å². The molecule has 1 saturated carbocycles. The molecule has 5 heteroatoms. The van der Waals surface area contributed by atoms with Gasteiger partial charge in [-0.05, 0) is 19.3 Å². The Bertz CT molecular complexity index is 318. The zero-order valence-electron chi connectivity index (χ0n) is 9.87. The lowest BCUT2D eigenvalue weighted by Crippen LogP contribution is -2.28. The van der Waals surface area contributed by atoms with E-state index in [0.717, 1.165) is 32.1 Å². The van der Waals surface area contributed by atoms with Crippen molar-refractivity contribution in [3.63, 3.8) is 0 Å². The van der Waals surface area contributed by atoms with Crippen molar-refractivity contribution >= 4 is 15.7 Å². The fourth-order valence-electron chi connectivity index (χ4n) is 2.00. The summed E-state index contributed by atoms with van der Waals surface area (Å²) in [4.78, 5) is 11.3. The van der Waals surface area contributed by atoms with Crippen LogP contribution in [0.25, 0.3) is 0 Å². The van der Waals surface area contributed by atoms with Crippen molar-refractivity contribution in [3.8, 4) is 0 Å². The van der Waals surface area contributed by atoms with Crippen LogP contribution in [0.1, 0.15) is 45.4 Å². The molecule has 1 aliphatic rings. The minimum absolute atomic E-state index is 0.00716. The molecular formula is C11H21NO3S. The zero-order valence-corrected chi connectivity index (χ0v) is 10.7. The fraction of sp³-hybridized carbons (Fsp3) is 0.909. The summed E-state index contributed by atoms with van der Waals surface area (Å²) in [5.41, 5.74) is 0. The van der Waals surface area contributed by atoms with E-state index in [9.17, 15) is 13.2 Å². The molecule has 0 heterocycles. The number of hydrogen-bond donors (Lipinski definition) is 1. The van der Waals surface area contributed by atoms with E-state index in [1.54, 1.807) is 0 Å². The lowest BCUT2D eigenvalue weighted by Gasteiger charge is -2.10. The Morgan fingerprint density at radius 2 is 1.94 bits per heavy atom. The van der Waals surface area contributed by atoms with E-state index in [1.165, 1.54) is 0 Å². The lowest BCUT2D eigenvalue weighted by atomic mass is 10.4. The topological polar surface area (TPSA) is 63.2 Å². The van der Waals surface area contributed by atoms with Gasteiger partial charge in [-0.1, -0.05) is 19.8 Å². The van der Waals surface area contributed by atoms with Crippen LogP contribution in [0.5, 0.6) is 0 Å². The van der Waals surface area contributed by atoms with E-state index in [2.05, 4.69) is 5.32 Å². The molecule has 1 fully saturated rings. The minimum atomic E-state index is -3.04. The standard InChI is InChI=1S/C11H21NO3S/c1-2-8-12-11(13)7-9-16(14,15)10-5-3-4-6-10/h10H,2-9H2,1H3,(H,12,13). The Kier molecular flexibility index (Phi) is 5.25. The lowest BCUT2D eigenvalue weighted by molar-refractivity contribution is -0.120. The van der Waals surface area contributed by atoms with Gasteiger partial charge in [0.1, 0.15) is 0 Å². The highest BCUT2D eigenvalue weighted by Crippen LogP contribution is 2.25. The molecule has 0 spiro atoms. The van der Waals surface area contributed by atoms with Gasteiger partial charge in [-0.3, -0.25) is 4.79 Å². The van der Waals surface area contributed by atoms with Crippen molar-refractivity contribution < 1.29 is 13.2 Å². The van der Waals surface area contributed by atoms with Crippen LogP contribution in [0.4, 0.5) is 0 Å². The van der Waals surface area contributed by atoms with E-state index in [1.807, 2.05) is 6.92 Å². The third-order valence-corrected chi connectivity index (χ3v) is 5.26. The van der Waals surface area contributed by atoms with E-state index in [-0.39, 0.29) is 23.3 Å². The summed E-state index contributed by atoms with van der Waals surface area (Å²) in [7, 11) is -3.04. The molecule has 0 bridgehead atoms. The van der Waals surface area contributed by atoms with Crippen molar-refractivity contribution in [2.45, 2.75) is 50.7 Å². The van der Waals surface area contributed by atoms with Gasteiger partial charge in [0.2, 0.25) is 5.91 Å². The van der Waals surface area contributed by atoms with Crippen LogP contribution in [0, 0.1) is 0 Å². The van der Waals surface area contributed by atoms with Gasteiger partial charge in [-0.15, -0.1) is 0 Å². The molecule has 1 N–H and O–H groups in total. The maximum absolute atomic E-state index is 11.8. The third kappa shape index (κ3) is 4.12. The number of hydrogen-bond acceptors (Lipinski definition) is 3. The SMILES string of the molecule is CCCNC(=O)CCS(=O)(=O)C1CCCC1. The van der Waals surface area contributed by atoms with Crippen LogP contribution >= 0.6 is 0 Å². The van der Waals surface area contributed by atoms with Gasteiger partial charge in [-0.25, -0.2) is 8.42 Å². The Morgan fingerprint density at radius 1 is 1.31 bits per heavy atom. The molecule has 1 amide bonds. The number of sulfone groups is 1. The molecule has 0 atom stereocenters. The van der Waals surface area contributed by atoms with Crippen molar-refractivity contribution in [3.05, 3.63) is 0 Å². The largest absolute Gasteiger partial charge is 0.356 e. The number of rotatable bonds is 6. The van der Waals surface area contributed by atoms with Gasteiger partial charge >= 0.3 is 0 Å².